The van der Waals surface area contributed by atoms with Crippen LogP contribution in [0.15, 0.2) is 48.7 Å². The number of rotatable bonds is 4. The van der Waals surface area contributed by atoms with Crippen molar-refractivity contribution in [3.05, 3.63) is 64.4 Å². The van der Waals surface area contributed by atoms with Gasteiger partial charge in [0, 0.05) is 12.1 Å². The number of nitro benzene ring substituents is 1. The summed E-state index contributed by atoms with van der Waals surface area (Å²) in [7, 11) is 0. The Hall–Kier alpha value is -2.12. The van der Waals surface area contributed by atoms with Crippen LogP contribution in [0, 0.1) is 10.1 Å². The largest absolute Gasteiger partial charge is 0.269 e. The molecule has 0 amide bonds. The van der Waals surface area contributed by atoms with E-state index in [1.807, 2.05) is 6.08 Å². The maximum Gasteiger partial charge on any atom is 0.269 e. The van der Waals surface area contributed by atoms with E-state index in [1.54, 1.807) is 24.3 Å². The van der Waals surface area contributed by atoms with Gasteiger partial charge < -0.3 is 0 Å². The number of hydrogen-bond donors (Lipinski definition) is 0. The Kier molecular flexibility index (Phi) is 4.07. The van der Waals surface area contributed by atoms with E-state index < -0.39 is 4.92 Å². The lowest BCUT2D eigenvalue weighted by atomic mass is 10.2. The number of nitro groups is 1. The molecule has 0 saturated carbocycles. The van der Waals surface area contributed by atoms with Gasteiger partial charge in [-0.1, -0.05) is 6.08 Å². The van der Waals surface area contributed by atoms with E-state index >= 15 is 0 Å². The van der Waals surface area contributed by atoms with Crippen LogP contribution in [-0.2, 0) is 0 Å². The molecule has 0 aliphatic rings. The summed E-state index contributed by atoms with van der Waals surface area (Å²) in [4.78, 5) is 9.96. The molecule has 15 heavy (non-hydrogen) atoms. The van der Waals surface area contributed by atoms with Crippen molar-refractivity contribution in [2.24, 2.45) is 0 Å². The molecule has 0 aromatic heterocycles. The average Bonchev–Trinajstić information content (AvgIpc) is 2.25. The van der Waals surface area contributed by atoms with Gasteiger partial charge in [-0.15, -0.1) is 12.3 Å². The van der Waals surface area contributed by atoms with Gasteiger partial charge in [0.2, 0.25) is 0 Å². The van der Waals surface area contributed by atoms with Gasteiger partial charge in [0.15, 0.2) is 0 Å². The molecule has 0 radical (unpaired) electrons. The van der Waals surface area contributed by atoms with E-state index in [4.69, 9.17) is 0 Å². The van der Waals surface area contributed by atoms with E-state index in [1.165, 1.54) is 12.1 Å². The first-order valence-electron chi connectivity index (χ1n) is 4.50. The zero-order valence-corrected chi connectivity index (χ0v) is 8.22. The van der Waals surface area contributed by atoms with Crippen molar-refractivity contribution < 1.29 is 4.92 Å². The Morgan fingerprint density at radius 1 is 1.40 bits per heavy atom. The topological polar surface area (TPSA) is 43.1 Å². The third kappa shape index (κ3) is 3.63. The quantitative estimate of drug-likeness (QED) is 0.324. The number of non-ortho nitro benzene ring substituents is 1. The predicted molar refractivity (Wildman–Crippen MR) is 60.5 cm³/mol. The zero-order valence-electron chi connectivity index (χ0n) is 8.22. The van der Waals surface area contributed by atoms with Crippen molar-refractivity contribution in [2.75, 3.05) is 0 Å². The third-order valence-corrected chi connectivity index (χ3v) is 1.76. The molecular formula is C12H11NO2. The van der Waals surface area contributed by atoms with E-state index in [9.17, 15) is 10.1 Å². The van der Waals surface area contributed by atoms with Crippen molar-refractivity contribution in [3.8, 4) is 0 Å². The lowest BCUT2D eigenvalue weighted by molar-refractivity contribution is -0.384. The molecule has 0 N–H and O–H groups in total. The number of nitrogens with zero attached hydrogens (tertiary/aromatic N) is 1. The molecule has 1 aromatic rings. The molecule has 0 atom stereocenters. The SMILES string of the molecule is C=CCC=C=Cc1ccc([N+](=O)[O-])cc1. The van der Waals surface area contributed by atoms with Gasteiger partial charge in [-0.05, 0) is 36.3 Å². The van der Waals surface area contributed by atoms with Gasteiger partial charge >= 0.3 is 0 Å². The lowest BCUT2D eigenvalue weighted by Gasteiger charge is -1.91. The minimum Gasteiger partial charge on any atom is -0.258 e. The number of allylic oxidation sites excluding steroid dienone is 2. The molecule has 0 bridgehead atoms. The Labute approximate surface area is 88.2 Å². The second kappa shape index (κ2) is 5.58. The molecule has 76 valence electrons. The van der Waals surface area contributed by atoms with Crippen molar-refractivity contribution in [1.29, 1.82) is 0 Å². The highest BCUT2D eigenvalue weighted by Gasteiger charge is 2.01. The molecule has 0 fully saturated rings. The molecule has 0 aliphatic carbocycles. The fraction of sp³-hybridized carbons (Fsp3) is 0.0833. The highest BCUT2D eigenvalue weighted by atomic mass is 16.6. The lowest BCUT2D eigenvalue weighted by Crippen LogP contribution is -1.86. The highest BCUT2D eigenvalue weighted by molar-refractivity contribution is 5.51. The smallest absolute Gasteiger partial charge is 0.258 e. The Morgan fingerprint density at radius 2 is 2.07 bits per heavy atom. The molecule has 0 saturated heterocycles. The van der Waals surface area contributed by atoms with Crippen LogP contribution in [0.1, 0.15) is 12.0 Å². The fourth-order valence-electron chi connectivity index (χ4n) is 0.999. The van der Waals surface area contributed by atoms with Crippen LogP contribution < -0.4 is 0 Å². The van der Waals surface area contributed by atoms with E-state index in [0.29, 0.717) is 0 Å². The number of benzene rings is 1. The molecule has 1 aromatic carbocycles. The molecule has 0 spiro atoms. The second-order valence-corrected chi connectivity index (χ2v) is 2.89. The van der Waals surface area contributed by atoms with Crippen LogP contribution in [0.4, 0.5) is 5.69 Å². The molecule has 3 nitrogen and oxygen atoms in total. The second-order valence-electron chi connectivity index (χ2n) is 2.89. The van der Waals surface area contributed by atoms with Crippen LogP contribution in [0.2, 0.25) is 0 Å². The Morgan fingerprint density at radius 3 is 2.60 bits per heavy atom. The van der Waals surface area contributed by atoms with Gasteiger partial charge in [0.25, 0.3) is 5.69 Å². The van der Waals surface area contributed by atoms with Crippen LogP contribution in [0.5, 0.6) is 0 Å². The zero-order chi connectivity index (χ0) is 11.1. The maximum absolute atomic E-state index is 10.4. The summed E-state index contributed by atoms with van der Waals surface area (Å²) in [5.74, 6) is 0. The summed E-state index contributed by atoms with van der Waals surface area (Å²) in [5.41, 5.74) is 3.95. The predicted octanol–water partition coefficient (Wildman–Crippen LogP) is 3.34. The van der Waals surface area contributed by atoms with Crippen molar-refractivity contribution >= 4 is 11.8 Å². The van der Waals surface area contributed by atoms with E-state index in [0.717, 1.165) is 12.0 Å². The van der Waals surface area contributed by atoms with Crippen LogP contribution in [0.25, 0.3) is 6.08 Å². The normalized spacial score (nSPS) is 8.80. The van der Waals surface area contributed by atoms with E-state index in [-0.39, 0.29) is 5.69 Å². The molecule has 1 rings (SSSR count). The van der Waals surface area contributed by atoms with Crippen LogP contribution in [0.3, 0.4) is 0 Å². The summed E-state index contributed by atoms with van der Waals surface area (Å²) in [5, 5.41) is 10.4. The van der Waals surface area contributed by atoms with Crippen molar-refractivity contribution in [1.82, 2.24) is 0 Å². The molecular weight excluding hydrogens is 190 g/mol. The van der Waals surface area contributed by atoms with Crippen molar-refractivity contribution in [3.63, 3.8) is 0 Å². The molecule has 0 heterocycles. The van der Waals surface area contributed by atoms with Gasteiger partial charge in [0.05, 0.1) is 4.92 Å². The summed E-state index contributed by atoms with van der Waals surface area (Å²) in [6, 6.07) is 6.32. The first-order chi connectivity index (χ1) is 7.24. The maximum atomic E-state index is 10.4. The molecule has 0 unspecified atom stereocenters. The summed E-state index contributed by atoms with van der Waals surface area (Å²) in [6.07, 6.45) is 6.15. The molecule has 3 heteroatoms. The summed E-state index contributed by atoms with van der Waals surface area (Å²) in [6.45, 7) is 3.58. The van der Waals surface area contributed by atoms with Gasteiger partial charge in [-0.25, -0.2) is 0 Å². The third-order valence-electron chi connectivity index (χ3n) is 1.76. The minimum atomic E-state index is -0.416. The first kappa shape index (κ1) is 11.0. The van der Waals surface area contributed by atoms with Gasteiger partial charge in [0.1, 0.15) is 0 Å². The molecule has 0 aliphatic heterocycles. The average molecular weight is 201 g/mol. The first-order valence-corrected chi connectivity index (χ1v) is 4.50. The van der Waals surface area contributed by atoms with Gasteiger partial charge in [-0.3, -0.25) is 10.1 Å². The Balaban J connectivity index is 2.76. The van der Waals surface area contributed by atoms with Gasteiger partial charge in [-0.2, -0.15) is 0 Å². The highest BCUT2D eigenvalue weighted by Crippen LogP contribution is 2.12. The standard InChI is InChI=1S/C12H11NO2/c1-2-3-4-5-6-11-7-9-12(10-8-11)13(14)15/h2,4,6-10H,1,3H2. The monoisotopic (exact) mass is 201 g/mol. The fourth-order valence-corrected chi connectivity index (χ4v) is 0.999. The summed E-state index contributed by atoms with van der Waals surface area (Å²) >= 11 is 0. The minimum absolute atomic E-state index is 0.0993. The Bertz CT molecular complexity index is 412. The van der Waals surface area contributed by atoms with E-state index in [2.05, 4.69) is 12.3 Å². The summed E-state index contributed by atoms with van der Waals surface area (Å²) < 4.78 is 0. The van der Waals surface area contributed by atoms with Crippen molar-refractivity contribution in [2.45, 2.75) is 6.42 Å². The number of hydrogen-bond acceptors (Lipinski definition) is 2. The van der Waals surface area contributed by atoms with Crippen LogP contribution >= 0.6 is 0 Å². The van der Waals surface area contributed by atoms with Crippen LogP contribution in [-0.4, -0.2) is 4.92 Å².